The lowest BCUT2D eigenvalue weighted by molar-refractivity contribution is -0.167. The molecule has 404 valence electrons. The summed E-state index contributed by atoms with van der Waals surface area (Å²) in [4.78, 5) is 38.2. The molecule has 0 heterocycles. The van der Waals surface area contributed by atoms with Crippen LogP contribution in [0.4, 0.5) is 0 Å². The van der Waals surface area contributed by atoms with Crippen LogP contribution in [0, 0.1) is 11.8 Å². The number of carbonyl (C=O) groups excluding carboxylic acids is 3. The Bertz CT molecular complexity index is 1040. The van der Waals surface area contributed by atoms with E-state index in [0.717, 1.165) is 69.6 Å². The van der Waals surface area contributed by atoms with E-state index in [4.69, 9.17) is 14.2 Å². The second-order valence-corrected chi connectivity index (χ2v) is 22.1. The van der Waals surface area contributed by atoms with E-state index in [9.17, 15) is 14.4 Å². The zero-order chi connectivity index (χ0) is 49.6. The second-order valence-electron chi connectivity index (χ2n) is 22.1. The molecule has 0 aromatic carbocycles. The molecule has 0 saturated heterocycles. The Morgan fingerprint density at radius 3 is 0.838 bits per heavy atom. The summed E-state index contributed by atoms with van der Waals surface area (Å²) in [6.07, 6.45) is 59.5. The quantitative estimate of drug-likeness (QED) is 0.0343. The molecular formula is C62H120O6. The van der Waals surface area contributed by atoms with E-state index < -0.39 is 6.10 Å². The highest BCUT2D eigenvalue weighted by atomic mass is 16.6. The summed E-state index contributed by atoms with van der Waals surface area (Å²) in [6.45, 7) is 11.5. The van der Waals surface area contributed by atoms with Gasteiger partial charge in [-0.15, -0.1) is 0 Å². The van der Waals surface area contributed by atoms with Crippen molar-refractivity contribution in [1.29, 1.82) is 0 Å². The first-order chi connectivity index (χ1) is 33.3. The predicted molar refractivity (Wildman–Crippen MR) is 293 cm³/mol. The van der Waals surface area contributed by atoms with Crippen molar-refractivity contribution in [2.75, 3.05) is 13.2 Å². The largest absolute Gasteiger partial charge is 0.462 e. The molecule has 6 heteroatoms. The maximum absolute atomic E-state index is 12.9. The Labute approximate surface area is 425 Å². The minimum atomic E-state index is -0.763. The van der Waals surface area contributed by atoms with Gasteiger partial charge < -0.3 is 14.2 Å². The number of hydrogen-bond acceptors (Lipinski definition) is 6. The molecule has 0 fully saturated rings. The molecule has 0 aromatic heterocycles. The summed E-state index contributed by atoms with van der Waals surface area (Å²) < 4.78 is 16.9. The molecule has 68 heavy (non-hydrogen) atoms. The van der Waals surface area contributed by atoms with Gasteiger partial charge in [0.1, 0.15) is 13.2 Å². The molecule has 1 unspecified atom stereocenters. The zero-order valence-electron chi connectivity index (χ0n) is 46.7. The minimum absolute atomic E-state index is 0.0623. The van der Waals surface area contributed by atoms with Gasteiger partial charge in [-0.3, -0.25) is 14.4 Å². The molecule has 0 bridgehead atoms. The van der Waals surface area contributed by atoms with E-state index in [1.165, 1.54) is 238 Å². The first kappa shape index (κ1) is 66.4. The summed E-state index contributed by atoms with van der Waals surface area (Å²) in [5.74, 6) is 0.886. The Morgan fingerprint density at radius 1 is 0.309 bits per heavy atom. The Balaban J connectivity index is 4.29. The molecule has 2 atom stereocenters. The van der Waals surface area contributed by atoms with Gasteiger partial charge in [0, 0.05) is 19.3 Å². The smallest absolute Gasteiger partial charge is 0.306 e. The van der Waals surface area contributed by atoms with Gasteiger partial charge in [-0.1, -0.05) is 311 Å². The van der Waals surface area contributed by atoms with Crippen LogP contribution in [0.25, 0.3) is 0 Å². The second kappa shape index (κ2) is 54.7. The molecule has 0 aliphatic heterocycles. The van der Waals surface area contributed by atoms with Crippen molar-refractivity contribution in [3.05, 3.63) is 0 Å². The fourth-order valence-electron chi connectivity index (χ4n) is 9.55. The van der Waals surface area contributed by atoms with Crippen molar-refractivity contribution in [1.82, 2.24) is 0 Å². The van der Waals surface area contributed by atoms with Crippen LogP contribution in [0.5, 0.6) is 0 Å². The minimum Gasteiger partial charge on any atom is -0.462 e. The highest BCUT2D eigenvalue weighted by molar-refractivity contribution is 5.71. The lowest BCUT2D eigenvalue weighted by atomic mass is 9.99. The Kier molecular flexibility index (Phi) is 53.5. The van der Waals surface area contributed by atoms with E-state index in [1.807, 2.05) is 0 Å². The van der Waals surface area contributed by atoms with Crippen LogP contribution in [0.1, 0.15) is 349 Å². The Morgan fingerprint density at radius 2 is 0.559 bits per heavy atom. The number of rotatable bonds is 56. The number of unbranched alkanes of at least 4 members (excludes halogenated alkanes) is 40. The van der Waals surface area contributed by atoms with Gasteiger partial charge >= 0.3 is 17.9 Å². The van der Waals surface area contributed by atoms with E-state index in [-0.39, 0.29) is 31.1 Å². The molecule has 0 aliphatic rings. The molecule has 0 radical (unpaired) electrons. The Hall–Kier alpha value is -1.59. The monoisotopic (exact) mass is 961 g/mol. The van der Waals surface area contributed by atoms with E-state index in [1.54, 1.807) is 0 Å². The average Bonchev–Trinajstić information content (AvgIpc) is 3.32. The van der Waals surface area contributed by atoms with E-state index >= 15 is 0 Å². The first-order valence-electron chi connectivity index (χ1n) is 30.8. The van der Waals surface area contributed by atoms with Crippen molar-refractivity contribution >= 4 is 17.9 Å². The highest BCUT2D eigenvalue weighted by Gasteiger charge is 2.19. The number of ether oxygens (including phenoxy) is 3. The standard InChI is InChI=1S/C62H120O6/c1-6-8-9-10-11-12-13-14-15-16-20-23-26-32-37-42-47-52-60(63)66-55-59(56-67-61(64)53-48-43-38-33-29-28-31-36-41-46-51-58(5)7-2)68-62(65)54-49-44-39-34-27-24-21-18-17-19-22-25-30-35-40-45-50-57(3)4/h57-59H,6-56H2,1-5H3/t58?,59-/m1/s1. The first-order valence-corrected chi connectivity index (χ1v) is 30.8. The van der Waals surface area contributed by atoms with Crippen LogP contribution in [-0.2, 0) is 28.6 Å². The lowest BCUT2D eigenvalue weighted by Gasteiger charge is -2.18. The maximum Gasteiger partial charge on any atom is 0.306 e. The van der Waals surface area contributed by atoms with Gasteiger partial charge in [0.15, 0.2) is 6.10 Å². The number of esters is 3. The molecule has 0 aliphatic carbocycles. The number of hydrogen-bond donors (Lipinski definition) is 0. The lowest BCUT2D eigenvalue weighted by Crippen LogP contribution is -2.30. The summed E-state index contributed by atoms with van der Waals surface area (Å²) in [5.41, 5.74) is 0. The van der Waals surface area contributed by atoms with Gasteiger partial charge in [0.05, 0.1) is 0 Å². The summed E-state index contributed by atoms with van der Waals surface area (Å²) in [7, 11) is 0. The van der Waals surface area contributed by atoms with Crippen molar-refractivity contribution in [2.24, 2.45) is 11.8 Å². The van der Waals surface area contributed by atoms with Gasteiger partial charge in [-0.2, -0.15) is 0 Å². The zero-order valence-corrected chi connectivity index (χ0v) is 46.7. The van der Waals surface area contributed by atoms with Crippen LogP contribution < -0.4 is 0 Å². The van der Waals surface area contributed by atoms with Crippen LogP contribution >= 0.6 is 0 Å². The predicted octanol–water partition coefficient (Wildman–Crippen LogP) is 20.4. The average molecular weight is 962 g/mol. The molecular weight excluding hydrogens is 841 g/mol. The normalized spacial score (nSPS) is 12.4. The van der Waals surface area contributed by atoms with Gasteiger partial charge in [-0.05, 0) is 31.1 Å². The van der Waals surface area contributed by atoms with E-state index in [0.29, 0.717) is 19.3 Å². The van der Waals surface area contributed by atoms with Crippen molar-refractivity contribution in [3.8, 4) is 0 Å². The van der Waals surface area contributed by atoms with Gasteiger partial charge in [0.2, 0.25) is 0 Å². The van der Waals surface area contributed by atoms with Crippen LogP contribution in [0.15, 0.2) is 0 Å². The fraction of sp³-hybridized carbons (Fsp3) is 0.952. The third-order valence-electron chi connectivity index (χ3n) is 14.6. The van der Waals surface area contributed by atoms with E-state index in [2.05, 4.69) is 34.6 Å². The molecule has 0 saturated carbocycles. The third-order valence-corrected chi connectivity index (χ3v) is 14.6. The maximum atomic E-state index is 12.9. The number of carbonyl (C=O) groups is 3. The van der Waals surface area contributed by atoms with Crippen LogP contribution in [0.2, 0.25) is 0 Å². The summed E-state index contributed by atoms with van der Waals surface area (Å²) in [6, 6.07) is 0. The van der Waals surface area contributed by atoms with Crippen LogP contribution in [0.3, 0.4) is 0 Å². The fourth-order valence-corrected chi connectivity index (χ4v) is 9.55. The molecule has 0 spiro atoms. The summed E-state index contributed by atoms with van der Waals surface area (Å²) in [5, 5.41) is 0. The SMILES string of the molecule is CCCCCCCCCCCCCCCCCCCC(=O)OC[C@H](COC(=O)CCCCCCCCCCCCC(C)CC)OC(=O)CCCCCCCCCCCCCCCCCCC(C)C. The van der Waals surface area contributed by atoms with Crippen LogP contribution in [-0.4, -0.2) is 37.2 Å². The van der Waals surface area contributed by atoms with Gasteiger partial charge in [-0.25, -0.2) is 0 Å². The molecule has 0 aromatic rings. The van der Waals surface area contributed by atoms with Gasteiger partial charge in [0.25, 0.3) is 0 Å². The van der Waals surface area contributed by atoms with Crippen molar-refractivity contribution < 1.29 is 28.6 Å². The summed E-state index contributed by atoms with van der Waals surface area (Å²) >= 11 is 0. The van der Waals surface area contributed by atoms with Crippen molar-refractivity contribution in [3.63, 3.8) is 0 Å². The molecule has 0 N–H and O–H groups in total. The molecule has 6 nitrogen and oxygen atoms in total. The van der Waals surface area contributed by atoms with Crippen molar-refractivity contribution in [2.45, 2.75) is 355 Å². The highest BCUT2D eigenvalue weighted by Crippen LogP contribution is 2.19. The molecule has 0 rings (SSSR count). The topological polar surface area (TPSA) is 78.9 Å². The third kappa shape index (κ3) is 53.8. The molecule has 0 amide bonds.